The van der Waals surface area contributed by atoms with Gasteiger partial charge in [-0.2, -0.15) is 0 Å². The smallest absolute Gasteiger partial charge is 0.235 e. The maximum absolute atomic E-state index is 13.1. The van der Waals surface area contributed by atoms with Crippen molar-refractivity contribution in [2.45, 2.75) is 38.0 Å². The molecule has 0 spiro atoms. The Hall–Kier alpha value is -1.38. The summed E-state index contributed by atoms with van der Waals surface area (Å²) in [5, 5.41) is 0. The summed E-state index contributed by atoms with van der Waals surface area (Å²) in [7, 11) is 0. The summed E-state index contributed by atoms with van der Waals surface area (Å²) in [6.07, 6.45) is 0.980. The molecule has 0 N–H and O–H groups in total. The zero-order valence-electron chi connectivity index (χ0n) is 8.86. The van der Waals surface area contributed by atoms with Crippen LogP contribution < -0.4 is 0 Å². The molecule has 0 aromatic carbocycles. The first-order valence-corrected chi connectivity index (χ1v) is 5.06. The van der Waals surface area contributed by atoms with Crippen molar-refractivity contribution in [2.24, 2.45) is 9.98 Å². The molecule has 0 saturated heterocycles. The second kappa shape index (κ2) is 10.1. The summed E-state index contributed by atoms with van der Waals surface area (Å²) in [5.41, 5.74) is 0. The Bertz CT molecular complexity index is 274. The van der Waals surface area contributed by atoms with E-state index < -0.39 is 12.3 Å². The highest BCUT2D eigenvalue weighted by Gasteiger charge is 2.11. The fourth-order valence-corrected chi connectivity index (χ4v) is 1.17. The van der Waals surface area contributed by atoms with Gasteiger partial charge in [-0.3, -0.25) is 0 Å². The summed E-state index contributed by atoms with van der Waals surface area (Å²) < 4.78 is 26.0. The van der Waals surface area contributed by atoms with E-state index in [0.717, 1.165) is 0 Å². The van der Waals surface area contributed by atoms with Gasteiger partial charge in [-0.25, -0.2) is 28.4 Å². The van der Waals surface area contributed by atoms with Crippen LogP contribution in [0.1, 0.15) is 25.7 Å². The van der Waals surface area contributed by atoms with Crippen molar-refractivity contribution in [2.75, 3.05) is 13.1 Å². The Morgan fingerprint density at radius 1 is 0.938 bits per heavy atom. The van der Waals surface area contributed by atoms with Gasteiger partial charge in [-0.05, 0) is 25.7 Å². The Kier molecular flexibility index (Phi) is 9.27. The van der Waals surface area contributed by atoms with Crippen molar-refractivity contribution >= 4 is 12.2 Å². The van der Waals surface area contributed by atoms with Crippen LogP contribution in [0.4, 0.5) is 8.78 Å². The van der Waals surface area contributed by atoms with Gasteiger partial charge in [-0.15, -0.1) is 0 Å². The Morgan fingerprint density at radius 3 is 2.19 bits per heavy atom. The third-order valence-electron chi connectivity index (χ3n) is 2.00. The van der Waals surface area contributed by atoms with Crippen LogP contribution in [-0.2, 0) is 9.59 Å². The van der Waals surface area contributed by atoms with Crippen molar-refractivity contribution in [1.82, 2.24) is 0 Å². The van der Waals surface area contributed by atoms with Gasteiger partial charge in [0.1, 0.15) is 12.3 Å². The quantitative estimate of drug-likeness (QED) is 0.346. The van der Waals surface area contributed by atoms with Gasteiger partial charge in [-0.1, -0.05) is 0 Å². The summed E-state index contributed by atoms with van der Waals surface area (Å²) in [6, 6.07) is 0. The standard InChI is InChI=1S/C10H14F2N2O2/c11-9(2-1-5-13-7-15)3-4-10(12)6-14-8-16/h9-10H,1-6H2. The third kappa shape index (κ3) is 9.19. The number of isocyanates is 2. The lowest BCUT2D eigenvalue weighted by atomic mass is 10.1. The van der Waals surface area contributed by atoms with Crippen molar-refractivity contribution in [3.05, 3.63) is 0 Å². The second-order valence-corrected chi connectivity index (χ2v) is 3.32. The maximum Gasteiger partial charge on any atom is 0.235 e. The van der Waals surface area contributed by atoms with Gasteiger partial charge < -0.3 is 0 Å². The van der Waals surface area contributed by atoms with E-state index in [1.54, 1.807) is 0 Å². The van der Waals surface area contributed by atoms with Crippen molar-refractivity contribution in [3.8, 4) is 0 Å². The average molecular weight is 232 g/mol. The molecule has 6 heteroatoms. The van der Waals surface area contributed by atoms with Crippen molar-refractivity contribution in [3.63, 3.8) is 0 Å². The highest BCUT2D eigenvalue weighted by molar-refractivity contribution is 5.33. The lowest BCUT2D eigenvalue weighted by molar-refractivity contribution is 0.241. The first kappa shape index (κ1) is 14.6. The van der Waals surface area contributed by atoms with Crippen LogP contribution in [0.2, 0.25) is 0 Å². The minimum absolute atomic E-state index is 0.0310. The molecular weight excluding hydrogens is 218 g/mol. The topological polar surface area (TPSA) is 58.9 Å². The van der Waals surface area contributed by atoms with E-state index >= 15 is 0 Å². The fourth-order valence-electron chi connectivity index (χ4n) is 1.17. The predicted octanol–water partition coefficient (Wildman–Crippen LogP) is 1.89. The van der Waals surface area contributed by atoms with Crippen molar-refractivity contribution in [1.29, 1.82) is 0 Å². The van der Waals surface area contributed by atoms with E-state index in [0.29, 0.717) is 6.42 Å². The number of alkyl halides is 2. The number of hydrogen-bond donors (Lipinski definition) is 0. The Labute approximate surface area is 92.5 Å². The minimum Gasteiger partial charge on any atom is -0.247 e. The highest BCUT2D eigenvalue weighted by atomic mass is 19.1. The summed E-state index contributed by atoms with van der Waals surface area (Å²) in [5.74, 6) is 0. The zero-order valence-corrected chi connectivity index (χ0v) is 8.86. The minimum atomic E-state index is -1.30. The van der Waals surface area contributed by atoms with E-state index in [2.05, 4.69) is 9.98 Å². The second-order valence-electron chi connectivity index (χ2n) is 3.32. The monoisotopic (exact) mass is 232 g/mol. The lowest BCUT2D eigenvalue weighted by Gasteiger charge is -2.08. The van der Waals surface area contributed by atoms with Crippen LogP contribution in [0.15, 0.2) is 9.98 Å². The first-order chi connectivity index (χ1) is 7.70. The highest BCUT2D eigenvalue weighted by Crippen LogP contribution is 2.12. The number of hydrogen-bond acceptors (Lipinski definition) is 4. The molecule has 0 bridgehead atoms. The molecule has 2 unspecified atom stereocenters. The molecule has 0 heterocycles. The number of nitrogens with zero attached hydrogens (tertiary/aromatic N) is 2. The van der Waals surface area contributed by atoms with Gasteiger partial charge in [0.25, 0.3) is 0 Å². The van der Waals surface area contributed by atoms with Crippen LogP contribution in [0.5, 0.6) is 0 Å². The van der Waals surface area contributed by atoms with Gasteiger partial charge >= 0.3 is 0 Å². The molecule has 0 radical (unpaired) electrons. The normalized spacial score (nSPS) is 13.4. The van der Waals surface area contributed by atoms with Crippen LogP contribution in [0.25, 0.3) is 0 Å². The van der Waals surface area contributed by atoms with E-state index in [1.165, 1.54) is 12.2 Å². The Morgan fingerprint density at radius 2 is 1.56 bits per heavy atom. The molecule has 16 heavy (non-hydrogen) atoms. The van der Waals surface area contributed by atoms with Gasteiger partial charge in [0.05, 0.1) is 13.1 Å². The van der Waals surface area contributed by atoms with Gasteiger partial charge in [0.2, 0.25) is 12.2 Å². The number of halogens is 2. The predicted molar refractivity (Wildman–Crippen MR) is 54.2 cm³/mol. The van der Waals surface area contributed by atoms with E-state index in [9.17, 15) is 18.4 Å². The SMILES string of the molecule is O=C=NCCCC(F)CCC(F)CN=C=O. The molecule has 0 fully saturated rings. The molecule has 4 nitrogen and oxygen atoms in total. The number of rotatable bonds is 9. The number of carbonyl (C=O) groups excluding carboxylic acids is 2. The molecule has 90 valence electrons. The lowest BCUT2D eigenvalue weighted by Crippen LogP contribution is -2.09. The summed E-state index contributed by atoms with van der Waals surface area (Å²) >= 11 is 0. The van der Waals surface area contributed by atoms with E-state index in [4.69, 9.17) is 0 Å². The van der Waals surface area contributed by atoms with Crippen LogP contribution in [0, 0.1) is 0 Å². The largest absolute Gasteiger partial charge is 0.247 e. The van der Waals surface area contributed by atoms with Crippen LogP contribution >= 0.6 is 0 Å². The molecule has 0 aromatic heterocycles. The Balaban J connectivity index is 3.51. The van der Waals surface area contributed by atoms with Crippen LogP contribution in [0.3, 0.4) is 0 Å². The molecular formula is C10H14F2N2O2. The first-order valence-electron chi connectivity index (χ1n) is 5.06. The average Bonchev–Trinajstić information content (AvgIpc) is 2.29. The molecule has 0 aliphatic rings. The van der Waals surface area contributed by atoms with Crippen LogP contribution in [-0.4, -0.2) is 37.6 Å². The van der Waals surface area contributed by atoms with Crippen molar-refractivity contribution < 1.29 is 18.4 Å². The van der Waals surface area contributed by atoms with E-state index in [1.807, 2.05) is 0 Å². The molecule has 0 saturated carbocycles. The molecule has 0 amide bonds. The maximum atomic E-state index is 13.1. The van der Waals surface area contributed by atoms with E-state index in [-0.39, 0.29) is 32.4 Å². The molecule has 0 aromatic rings. The summed E-state index contributed by atoms with van der Waals surface area (Å²) in [6.45, 7) is -0.00986. The fraction of sp³-hybridized carbons (Fsp3) is 0.800. The van der Waals surface area contributed by atoms with Gasteiger partial charge in [0.15, 0.2) is 0 Å². The zero-order chi connectivity index (χ0) is 12.2. The molecule has 0 rings (SSSR count). The molecule has 0 aliphatic carbocycles. The van der Waals surface area contributed by atoms with Gasteiger partial charge in [0, 0.05) is 0 Å². The molecule has 0 aliphatic heterocycles. The third-order valence-corrected chi connectivity index (χ3v) is 2.00. The number of aliphatic imine (C=N–C) groups is 2. The molecule has 2 atom stereocenters. The summed E-state index contributed by atoms with van der Waals surface area (Å²) in [4.78, 5) is 25.7.